The molecule has 0 unspecified atom stereocenters. The van der Waals surface area contributed by atoms with Gasteiger partial charge in [-0.1, -0.05) is 48.5 Å². The molecule has 0 radical (unpaired) electrons. The van der Waals surface area contributed by atoms with E-state index in [0.717, 1.165) is 40.6 Å². The highest BCUT2D eigenvalue weighted by Crippen LogP contribution is 2.22. The maximum atomic E-state index is 12.8. The van der Waals surface area contributed by atoms with Gasteiger partial charge in [-0.05, 0) is 31.5 Å². The van der Waals surface area contributed by atoms with Crippen LogP contribution in [0.3, 0.4) is 0 Å². The van der Waals surface area contributed by atoms with Crippen molar-refractivity contribution in [1.82, 2.24) is 4.57 Å². The molecule has 0 saturated carbocycles. The number of benzene rings is 2. The average Bonchev–Trinajstić information content (AvgIpc) is 3.07. The van der Waals surface area contributed by atoms with E-state index in [1.165, 1.54) is 0 Å². The van der Waals surface area contributed by atoms with Crippen LogP contribution in [0.15, 0.2) is 60.7 Å². The zero-order chi connectivity index (χ0) is 19.3. The third-order valence-corrected chi connectivity index (χ3v) is 5.59. The number of likely N-dealkylation sites (N-methyl/N-ethyl adjacent to an activating group) is 1. The molecule has 0 N–H and O–H groups in total. The summed E-state index contributed by atoms with van der Waals surface area (Å²) in [5.74, 6) is -0.249. The number of carbonyl (C=O) groups is 1. The Kier molecular flexibility index (Phi) is 5.97. The summed E-state index contributed by atoms with van der Waals surface area (Å²) in [5, 5.41) is 1.06. The van der Waals surface area contributed by atoms with Crippen molar-refractivity contribution < 1.29 is 14.0 Å². The van der Waals surface area contributed by atoms with E-state index in [1.54, 1.807) is 0 Å². The number of hydrogen-bond donors (Lipinski definition) is 0. The summed E-state index contributed by atoms with van der Waals surface area (Å²) < 4.78 is 8.62. The van der Waals surface area contributed by atoms with Crippen molar-refractivity contribution in [1.29, 1.82) is 0 Å². The monoisotopic (exact) mass is 365 g/mol. The number of para-hydroxylation sites is 1. The van der Waals surface area contributed by atoms with Crippen LogP contribution in [-0.2, 0) is 11.3 Å². The van der Waals surface area contributed by atoms with Gasteiger partial charge in [-0.2, -0.15) is 0 Å². The van der Waals surface area contributed by atoms with Gasteiger partial charge in [0.15, 0.2) is 0 Å². The van der Waals surface area contributed by atoms with E-state index < -0.39 is 0 Å². The van der Waals surface area contributed by atoms with Gasteiger partial charge in [0.1, 0.15) is 18.8 Å². The first-order valence-electron chi connectivity index (χ1n) is 9.69. The molecule has 142 valence electrons. The fourth-order valence-corrected chi connectivity index (χ4v) is 3.29. The summed E-state index contributed by atoms with van der Waals surface area (Å²) >= 11 is 0. The van der Waals surface area contributed by atoms with E-state index in [0.29, 0.717) is 18.8 Å². The van der Waals surface area contributed by atoms with E-state index in [1.807, 2.05) is 42.5 Å². The number of quaternary nitrogens is 1. The first kappa shape index (κ1) is 19.2. The van der Waals surface area contributed by atoms with Crippen LogP contribution in [0.1, 0.15) is 29.9 Å². The number of aromatic nitrogens is 1. The molecule has 3 rings (SSSR count). The Morgan fingerprint density at radius 3 is 2.37 bits per heavy atom. The normalized spacial score (nSPS) is 11.7. The van der Waals surface area contributed by atoms with Gasteiger partial charge in [0.05, 0.1) is 20.1 Å². The summed E-state index contributed by atoms with van der Waals surface area (Å²) in [6.45, 7) is 8.31. The lowest BCUT2D eigenvalue weighted by Crippen LogP contribution is -2.46. The van der Waals surface area contributed by atoms with Crippen LogP contribution in [-0.4, -0.2) is 48.3 Å². The molecule has 27 heavy (non-hydrogen) atoms. The molecule has 0 aliphatic heterocycles. The molecule has 0 fully saturated rings. The molecule has 3 aromatic rings. The average molecular weight is 365 g/mol. The van der Waals surface area contributed by atoms with Crippen molar-refractivity contribution in [2.24, 2.45) is 0 Å². The lowest BCUT2D eigenvalue weighted by molar-refractivity contribution is -0.906. The smallest absolute Gasteiger partial charge is 0.355 e. The second-order valence-electron chi connectivity index (χ2n) is 7.27. The summed E-state index contributed by atoms with van der Waals surface area (Å²) in [4.78, 5) is 12.8. The number of carbonyl (C=O) groups excluding carboxylic acids is 1. The van der Waals surface area contributed by atoms with E-state index >= 15 is 0 Å². The number of rotatable bonds is 8. The zero-order valence-corrected chi connectivity index (χ0v) is 16.5. The van der Waals surface area contributed by atoms with Gasteiger partial charge in [0, 0.05) is 17.4 Å². The second-order valence-corrected chi connectivity index (χ2v) is 7.27. The van der Waals surface area contributed by atoms with Crippen LogP contribution in [0, 0.1) is 0 Å². The minimum atomic E-state index is -0.249. The molecule has 0 saturated heterocycles. The van der Waals surface area contributed by atoms with E-state index in [2.05, 4.69) is 43.7 Å². The Balaban J connectivity index is 1.83. The van der Waals surface area contributed by atoms with Crippen LogP contribution >= 0.6 is 0 Å². The van der Waals surface area contributed by atoms with Gasteiger partial charge < -0.3 is 13.8 Å². The van der Waals surface area contributed by atoms with Crippen LogP contribution in [0.4, 0.5) is 0 Å². The third-order valence-electron chi connectivity index (χ3n) is 5.59. The molecule has 0 aliphatic rings. The summed E-state index contributed by atoms with van der Waals surface area (Å²) in [6.07, 6.45) is 0. The predicted octanol–water partition coefficient (Wildman–Crippen LogP) is 4.33. The summed E-state index contributed by atoms with van der Waals surface area (Å²) in [7, 11) is 2.19. The van der Waals surface area contributed by atoms with Crippen molar-refractivity contribution in [3.05, 3.63) is 71.9 Å². The van der Waals surface area contributed by atoms with Crippen LogP contribution in [0.2, 0.25) is 0 Å². The Bertz CT molecular complexity index is 895. The Morgan fingerprint density at radius 1 is 1.00 bits per heavy atom. The SMILES string of the molecule is CC[N+](C)(CC)CCOC(=O)c1cc2ccccc2n1Cc1ccccc1. The van der Waals surface area contributed by atoms with Crippen molar-refractivity contribution in [2.45, 2.75) is 20.4 Å². The van der Waals surface area contributed by atoms with Crippen LogP contribution < -0.4 is 0 Å². The standard InChI is InChI=1S/C23H29N2O2/c1-4-25(3,5-2)15-16-27-23(26)22-17-20-13-9-10-14-21(20)24(22)18-19-11-7-6-8-12-19/h6-14,17H,4-5,15-16,18H2,1-3H3/q+1. The van der Waals surface area contributed by atoms with Crippen LogP contribution in [0.25, 0.3) is 10.9 Å². The minimum Gasteiger partial charge on any atom is -0.455 e. The summed E-state index contributed by atoms with van der Waals surface area (Å²) in [6, 6.07) is 20.2. The molecule has 1 heterocycles. The molecule has 1 aromatic heterocycles. The van der Waals surface area contributed by atoms with Crippen molar-refractivity contribution in [3.63, 3.8) is 0 Å². The van der Waals surface area contributed by atoms with Crippen molar-refractivity contribution in [2.75, 3.05) is 33.3 Å². The minimum absolute atomic E-state index is 0.249. The maximum absolute atomic E-state index is 12.8. The highest BCUT2D eigenvalue weighted by molar-refractivity contribution is 5.95. The Morgan fingerprint density at radius 2 is 1.67 bits per heavy atom. The zero-order valence-electron chi connectivity index (χ0n) is 16.5. The van der Waals surface area contributed by atoms with E-state index in [4.69, 9.17) is 4.74 Å². The molecular formula is C23H29N2O2+. The molecule has 0 atom stereocenters. The Labute approximate surface area is 161 Å². The van der Waals surface area contributed by atoms with Gasteiger partial charge in [0.25, 0.3) is 0 Å². The summed E-state index contributed by atoms with van der Waals surface area (Å²) in [5.41, 5.74) is 2.83. The van der Waals surface area contributed by atoms with Gasteiger partial charge in [0.2, 0.25) is 0 Å². The fraction of sp³-hybridized carbons (Fsp3) is 0.348. The number of nitrogens with zero attached hydrogens (tertiary/aromatic N) is 2. The lowest BCUT2D eigenvalue weighted by Gasteiger charge is -2.31. The molecule has 0 aliphatic carbocycles. The third kappa shape index (κ3) is 4.40. The van der Waals surface area contributed by atoms with Crippen molar-refractivity contribution in [3.8, 4) is 0 Å². The van der Waals surface area contributed by atoms with Crippen LogP contribution in [0.5, 0.6) is 0 Å². The molecule has 0 spiro atoms. The quantitative estimate of drug-likeness (QED) is 0.439. The lowest BCUT2D eigenvalue weighted by atomic mass is 10.2. The van der Waals surface area contributed by atoms with E-state index in [9.17, 15) is 4.79 Å². The highest BCUT2D eigenvalue weighted by atomic mass is 16.5. The maximum Gasteiger partial charge on any atom is 0.355 e. The molecule has 2 aromatic carbocycles. The topological polar surface area (TPSA) is 31.2 Å². The van der Waals surface area contributed by atoms with Gasteiger partial charge in [-0.3, -0.25) is 0 Å². The molecule has 4 heteroatoms. The first-order valence-corrected chi connectivity index (χ1v) is 9.69. The molecule has 4 nitrogen and oxygen atoms in total. The van der Waals surface area contributed by atoms with Gasteiger partial charge >= 0.3 is 5.97 Å². The number of ether oxygens (including phenoxy) is 1. The Hall–Kier alpha value is -2.59. The number of hydrogen-bond acceptors (Lipinski definition) is 2. The number of fused-ring (bicyclic) bond motifs is 1. The predicted molar refractivity (Wildman–Crippen MR) is 110 cm³/mol. The largest absolute Gasteiger partial charge is 0.455 e. The van der Waals surface area contributed by atoms with Gasteiger partial charge in [-0.15, -0.1) is 0 Å². The number of esters is 1. The van der Waals surface area contributed by atoms with Gasteiger partial charge in [-0.25, -0.2) is 4.79 Å². The second kappa shape index (κ2) is 8.40. The van der Waals surface area contributed by atoms with E-state index in [-0.39, 0.29) is 5.97 Å². The molecular weight excluding hydrogens is 336 g/mol. The highest BCUT2D eigenvalue weighted by Gasteiger charge is 2.20. The fourth-order valence-electron chi connectivity index (χ4n) is 3.29. The molecule has 0 amide bonds. The van der Waals surface area contributed by atoms with Crippen molar-refractivity contribution >= 4 is 16.9 Å². The first-order chi connectivity index (χ1) is 13.1. The molecule has 0 bridgehead atoms.